The van der Waals surface area contributed by atoms with Crippen LogP contribution in [0.5, 0.6) is 11.5 Å². The van der Waals surface area contributed by atoms with Gasteiger partial charge in [-0.2, -0.15) is 8.78 Å². The van der Waals surface area contributed by atoms with E-state index in [1.807, 2.05) is 24.3 Å². The van der Waals surface area contributed by atoms with Crippen LogP contribution >= 0.6 is 11.3 Å². The summed E-state index contributed by atoms with van der Waals surface area (Å²) in [6.45, 7) is -0.182. The molecule has 0 fully saturated rings. The van der Waals surface area contributed by atoms with Crippen molar-refractivity contribution in [3.8, 4) is 11.5 Å². The molecule has 0 amide bonds. The lowest BCUT2D eigenvalue weighted by Gasteiger charge is -2.22. The third-order valence-electron chi connectivity index (χ3n) is 4.17. The average molecular weight is 429 g/mol. The van der Waals surface area contributed by atoms with E-state index in [9.17, 15) is 8.78 Å². The third-order valence-corrected chi connectivity index (χ3v) is 5.23. The van der Waals surface area contributed by atoms with Gasteiger partial charge in [0.15, 0.2) is 5.96 Å². The fourth-order valence-electron chi connectivity index (χ4n) is 2.57. The lowest BCUT2D eigenvalue weighted by molar-refractivity contribution is -0.0505. The van der Waals surface area contributed by atoms with Crippen LogP contribution < -0.4 is 14.8 Å². The molecule has 1 heterocycles. The van der Waals surface area contributed by atoms with Crippen molar-refractivity contribution in [3.63, 3.8) is 0 Å². The van der Waals surface area contributed by atoms with E-state index in [1.165, 1.54) is 13.2 Å². The number of alkyl halides is 2. The Bertz CT molecular complexity index is 817. The number of aliphatic imine (C=N–C) groups is 1. The molecule has 2 aromatic rings. The first-order chi connectivity index (χ1) is 13.9. The lowest BCUT2D eigenvalue weighted by atomic mass is 10.2. The van der Waals surface area contributed by atoms with Crippen LogP contribution in [0.15, 0.2) is 28.6 Å². The van der Waals surface area contributed by atoms with Gasteiger partial charge in [0, 0.05) is 44.8 Å². The standard InChI is InChI=1S/C19H26F2N4O3S/c1-12(26-4)17-24-14(11-29-17)10-25(3)19(22-2)23-9-13-6-7-15(27-5)8-16(13)28-18(20)21/h6-8,11-12,18H,9-10H2,1-5H3,(H,22,23). The highest BCUT2D eigenvalue weighted by molar-refractivity contribution is 7.09. The Morgan fingerprint density at radius 1 is 1.34 bits per heavy atom. The zero-order chi connectivity index (χ0) is 21.4. The number of nitrogens with zero attached hydrogens (tertiary/aromatic N) is 3. The Hall–Kier alpha value is -2.46. The predicted molar refractivity (Wildman–Crippen MR) is 109 cm³/mol. The van der Waals surface area contributed by atoms with Crippen LogP contribution in [-0.4, -0.2) is 50.8 Å². The molecule has 2 rings (SSSR count). The second-order valence-electron chi connectivity index (χ2n) is 6.16. The number of nitrogens with one attached hydrogen (secondary N) is 1. The molecule has 1 unspecified atom stereocenters. The van der Waals surface area contributed by atoms with Gasteiger partial charge < -0.3 is 24.4 Å². The molecule has 0 radical (unpaired) electrons. The molecular formula is C19H26F2N4O3S. The first-order valence-electron chi connectivity index (χ1n) is 8.88. The van der Waals surface area contributed by atoms with Gasteiger partial charge in [-0.25, -0.2) is 4.98 Å². The van der Waals surface area contributed by atoms with E-state index in [0.29, 0.717) is 23.8 Å². The van der Waals surface area contributed by atoms with Gasteiger partial charge in [0.1, 0.15) is 22.6 Å². The molecule has 1 aromatic carbocycles. The number of rotatable bonds is 9. The number of hydrogen-bond donors (Lipinski definition) is 1. The summed E-state index contributed by atoms with van der Waals surface area (Å²) >= 11 is 1.54. The number of benzene rings is 1. The maximum Gasteiger partial charge on any atom is 0.387 e. The summed E-state index contributed by atoms with van der Waals surface area (Å²) in [5, 5.41) is 6.05. The fraction of sp³-hybridized carbons (Fsp3) is 0.474. The average Bonchev–Trinajstić information content (AvgIpc) is 3.16. The maximum absolute atomic E-state index is 12.7. The van der Waals surface area contributed by atoms with Gasteiger partial charge in [0.25, 0.3) is 0 Å². The number of hydrogen-bond acceptors (Lipinski definition) is 6. The fourth-order valence-corrected chi connectivity index (χ4v) is 3.42. The molecule has 0 bridgehead atoms. The van der Waals surface area contributed by atoms with Crippen LogP contribution in [-0.2, 0) is 17.8 Å². The van der Waals surface area contributed by atoms with Crippen molar-refractivity contribution >= 4 is 17.3 Å². The van der Waals surface area contributed by atoms with Crippen LogP contribution in [0, 0.1) is 0 Å². The Morgan fingerprint density at radius 2 is 2.10 bits per heavy atom. The van der Waals surface area contributed by atoms with E-state index < -0.39 is 6.61 Å². The molecule has 0 saturated heterocycles. The second-order valence-corrected chi connectivity index (χ2v) is 7.05. The number of halogens is 2. The van der Waals surface area contributed by atoms with Crippen molar-refractivity contribution in [2.45, 2.75) is 32.7 Å². The number of thiazole rings is 1. The number of guanidine groups is 1. The highest BCUT2D eigenvalue weighted by Gasteiger charge is 2.15. The number of methoxy groups -OCH3 is 2. The zero-order valence-electron chi connectivity index (χ0n) is 17.1. The van der Waals surface area contributed by atoms with Crippen LogP contribution in [0.2, 0.25) is 0 Å². The Balaban J connectivity index is 2.03. The summed E-state index contributed by atoms with van der Waals surface area (Å²) in [4.78, 5) is 10.7. The molecule has 0 spiro atoms. The summed E-state index contributed by atoms with van der Waals surface area (Å²) < 4.78 is 40.4. The maximum atomic E-state index is 12.7. The quantitative estimate of drug-likeness (QED) is 0.486. The number of ether oxygens (including phenoxy) is 3. The van der Waals surface area contributed by atoms with E-state index in [4.69, 9.17) is 9.47 Å². The van der Waals surface area contributed by atoms with E-state index in [1.54, 1.807) is 37.6 Å². The molecule has 160 valence electrons. The normalized spacial score (nSPS) is 12.8. The monoisotopic (exact) mass is 428 g/mol. The summed E-state index contributed by atoms with van der Waals surface area (Å²) in [6, 6.07) is 4.80. The van der Waals surface area contributed by atoms with E-state index in [-0.39, 0.29) is 18.4 Å². The van der Waals surface area contributed by atoms with Gasteiger partial charge >= 0.3 is 6.61 Å². The van der Waals surface area contributed by atoms with E-state index in [2.05, 4.69) is 20.0 Å². The smallest absolute Gasteiger partial charge is 0.387 e. The molecule has 1 atom stereocenters. The van der Waals surface area contributed by atoms with Crippen LogP contribution in [0.3, 0.4) is 0 Å². The van der Waals surface area contributed by atoms with Crippen molar-refractivity contribution in [2.24, 2.45) is 4.99 Å². The molecule has 0 saturated carbocycles. The molecule has 0 aliphatic carbocycles. The summed E-state index contributed by atoms with van der Waals surface area (Å²) in [5.41, 5.74) is 1.45. The van der Waals surface area contributed by atoms with Gasteiger partial charge in [0.2, 0.25) is 0 Å². The van der Waals surface area contributed by atoms with Crippen molar-refractivity contribution in [1.29, 1.82) is 0 Å². The van der Waals surface area contributed by atoms with Crippen LogP contribution in [0.1, 0.15) is 29.3 Å². The minimum atomic E-state index is -2.92. The van der Waals surface area contributed by atoms with Gasteiger partial charge in [-0.05, 0) is 19.1 Å². The molecule has 7 nitrogen and oxygen atoms in total. The molecule has 1 N–H and O–H groups in total. The first kappa shape index (κ1) is 22.8. The van der Waals surface area contributed by atoms with Crippen molar-refractivity contribution < 1.29 is 23.0 Å². The van der Waals surface area contributed by atoms with Gasteiger partial charge in [0.05, 0.1) is 19.3 Å². The Kier molecular flexibility index (Phi) is 8.59. The molecule has 10 heteroatoms. The summed E-state index contributed by atoms with van der Waals surface area (Å²) in [7, 11) is 6.64. The van der Waals surface area contributed by atoms with Crippen LogP contribution in [0.25, 0.3) is 0 Å². The van der Waals surface area contributed by atoms with Crippen molar-refractivity contribution in [1.82, 2.24) is 15.2 Å². The van der Waals surface area contributed by atoms with Gasteiger partial charge in [-0.15, -0.1) is 11.3 Å². The number of aromatic nitrogens is 1. The van der Waals surface area contributed by atoms with Crippen LogP contribution in [0.4, 0.5) is 8.78 Å². The van der Waals surface area contributed by atoms with Gasteiger partial charge in [-0.3, -0.25) is 4.99 Å². The zero-order valence-corrected chi connectivity index (χ0v) is 17.9. The third kappa shape index (κ3) is 6.53. The predicted octanol–water partition coefficient (Wildman–Crippen LogP) is 3.67. The Labute approximate surface area is 173 Å². The molecular weight excluding hydrogens is 402 g/mol. The molecule has 29 heavy (non-hydrogen) atoms. The van der Waals surface area contributed by atoms with Crippen molar-refractivity contribution in [2.75, 3.05) is 28.3 Å². The minimum absolute atomic E-state index is 0.0557. The highest BCUT2D eigenvalue weighted by atomic mass is 32.1. The SMILES string of the molecule is CN=C(NCc1ccc(OC)cc1OC(F)F)N(C)Cc1csc(C(C)OC)n1. The summed E-state index contributed by atoms with van der Waals surface area (Å²) in [5.74, 6) is 1.09. The summed E-state index contributed by atoms with van der Waals surface area (Å²) in [6.07, 6.45) is -0.0557. The van der Waals surface area contributed by atoms with Gasteiger partial charge in [-0.1, -0.05) is 0 Å². The Morgan fingerprint density at radius 3 is 2.72 bits per heavy atom. The molecule has 0 aliphatic rings. The second kappa shape index (κ2) is 10.9. The largest absolute Gasteiger partial charge is 0.497 e. The van der Waals surface area contributed by atoms with E-state index >= 15 is 0 Å². The topological polar surface area (TPSA) is 68.2 Å². The van der Waals surface area contributed by atoms with Crippen molar-refractivity contribution in [3.05, 3.63) is 39.8 Å². The lowest BCUT2D eigenvalue weighted by Crippen LogP contribution is -2.38. The molecule has 1 aromatic heterocycles. The highest BCUT2D eigenvalue weighted by Crippen LogP contribution is 2.26. The van der Waals surface area contributed by atoms with E-state index in [0.717, 1.165) is 10.7 Å². The first-order valence-corrected chi connectivity index (χ1v) is 9.76. The minimum Gasteiger partial charge on any atom is -0.497 e. The molecule has 0 aliphatic heterocycles.